The predicted octanol–water partition coefficient (Wildman–Crippen LogP) is 6.91. The molecule has 2 aromatic carbocycles. The number of carboxylic acid groups (broad SMARTS) is 1. The quantitative estimate of drug-likeness (QED) is 0.224. The largest absolute Gasteiger partial charge is 0.477 e. The number of nitrogens with zero attached hydrogens (tertiary/aromatic N) is 2. The van der Waals surface area contributed by atoms with Gasteiger partial charge in [0.1, 0.15) is 16.4 Å². The van der Waals surface area contributed by atoms with E-state index in [1.165, 1.54) is 6.08 Å². The number of hydrogen-bond acceptors (Lipinski definition) is 5. The minimum Gasteiger partial charge on any atom is -0.477 e. The fourth-order valence-corrected chi connectivity index (χ4v) is 3.85. The van der Waals surface area contributed by atoms with Crippen LogP contribution >= 0.6 is 46.6 Å². The van der Waals surface area contributed by atoms with E-state index in [9.17, 15) is 9.90 Å². The molecule has 6 nitrogen and oxygen atoms in total. The average molecular weight is 493 g/mol. The minimum atomic E-state index is -1.14. The first kappa shape index (κ1) is 21.5. The summed E-state index contributed by atoms with van der Waals surface area (Å²) in [6.07, 6.45) is 1.40. The van der Waals surface area contributed by atoms with Crippen LogP contribution in [0.25, 0.3) is 28.8 Å². The smallest absolute Gasteiger partial charge is 0.342 e. The number of nitrogens with one attached hydrogen (secondary N) is 1. The molecule has 156 valence electrons. The molecule has 0 fully saturated rings. The second-order valence-corrected chi connectivity index (χ2v) is 8.50. The van der Waals surface area contributed by atoms with Crippen molar-refractivity contribution in [1.29, 1.82) is 0 Å². The van der Waals surface area contributed by atoms with Gasteiger partial charge >= 0.3 is 5.97 Å². The van der Waals surface area contributed by atoms with E-state index in [1.807, 2.05) is 0 Å². The zero-order chi connectivity index (χ0) is 22.0. The Labute approximate surface area is 195 Å². The van der Waals surface area contributed by atoms with E-state index in [1.54, 1.807) is 54.6 Å². The zero-order valence-electron chi connectivity index (χ0n) is 15.5. The van der Waals surface area contributed by atoms with E-state index in [4.69, 9.17) is 39.2 Å². The van der Waals surface area contributed by atoms with Crippen molar-refractivity contribution >= 4 is 58.6 Å². The maximum atomic E-state index is 11.7. The molecule has 0 amide bonds. The van der Waals surface area contributed by atoms with Crippen LogP contribution in [0.3, 0.4) is 0 Å². The Morgan fingerprint density at radius 2 is 1.77 bits per heavy atom. The van der Waals surface area contributed by atoms with Crippen LogP contribution in [0.5, 0.6) is 0 Å². The third-order valence-corrected chi connectivity index (χ3v) is 5.78. The molecule has 0 saturated carbocycles. The fourth-order valence-electron chi connectivity index (χ4n) is 2.65. The summed E-state index contributed by atoms with van der Waals surface area (Å²) in [6.45, 7) is 0. The molecule has 2 N–H and O–H groups in total. The molecule has 4 aromatic rings. The van der Waals surface area contributed by atoms with Crippen molar-refractivity contribution in [2.45, 2.75) is 5.16 Å². The number of carbonyl (C=O) groups is 1. The Kier molecular flexibility index (Phi) is 6.38. The molecule has 2 heterocycles. The second kappa shape index (κ2) is 9.20. The highest BCUT2D eigenvalue weighted by Gasteiger charge is 2.16. The molecule has 0 aliphatic rings. The Balaban J connectivity index is 1.57. The first-order valence-electron chi connectivity index (χ1n) is 8.75. The number of rotatable bonds is 6. The average Bonchev–Trinajstić information content (AvgIpc) is 3.40. The highest BCUT2D eigenvalue weighted by atomic mass is 35.5. The molecular weight excluding hydrogens is 481 g/mol. The SMILES string of the molecule is O=C(O)/C(=C/c1ccc(-c2cc(Cl)ccc2Cl)o1)Sc1n[nH]c(-c2ccc(Cl)cc2)n1. The lowest BCUT2D eigenvalue weighted by molar-refractivity contribution is -0.131. The van der Waals surface area contributed by atoms with Crippen molar-refractivity contribution in [3.63, 3.8) is 0 Å². The molecule has 2 aromatic heterocycles. The van der Waals surface area contributed by atoms with Crippen LogP contribution < -0.4 is 0 Å². The summed E-state index contributed by atoms with van der Waals surface area (Å²) >= 11 is 19.0. The van der Waals surface area contributed by atoms with Gasteiger partial charge in [-0.3, -0.25) is 5.10 Å². The third kappa shape index (κ3) is 5.14. The molecule has 0 atom stereocenters. The summed E-state index contributed by atoms with van der Waals surface area (Å²) < 4.78 is 5.75. The van der Waals surface area contributed by atoms with Gasteiger partial charge in [-0.25, -0.2) is 9.78 Å². The van der Waals surface area contributed by atoms with Gasteiger partial charge in [-0.2, -0.15) is 0 Å². The molecule has 4 rings (SSSR count). The lowest BCUT2D eigenvalue weighted by atomic mass is 10.2. The van der Waals surface area contributed by atoms with Crippen molar-refractivity contribution in [3.8, 4) is 22.7 Å². The molecule has 10 heteroatoms. The maximum absolute atomic E-state index is 11.7. The van der Waals surface area contributed by atoms with Crippen molar-refractivity contribution in [1.82, 2.24) is 15.2 Å². The van der Waals surface area contributed by atoms with Crippen LogP contribution in [-0.2, 0) is 4.79 Å². The second-order valence-electron chi connectivity index (χ2n) is 6.22. The lowest BCUT2D eigenvalue weighted by Gasteiger charge is -2.01. The number of carboxylic acids is 1. The summed E-state index contributed by atoms with van der Waals surface area (Å²) in [6, 6.07) is 15.4. The van der Waals surface area contributed by atoms with Gasteiger partial charge in [0, 0.05) is 27.2 Å². The zero-order valence-corrected chi connectivity index (χ0v) is 18.6. The first-order chi connectivity index (χ1) is 14.9. The molecule has 0 spiro atoms. The van der Waals surface area contributed by atoms with Crippen molar-refractivity contribution in [2.75, 3.05) is 0 Å². The van der Waals surface area contributed by atoms with Gasteiger partial charge in [0.05, 0.1) is 5.02 Å². The molecular formula is C21H12Cl3N3O3S. The fraction of sp³-hybridized carbons (Fsp3) is 0. The number of benzene rings is 2. The van der Waals surface area contributed by atoms with Crippen LogP contribution in [0.2, 0.25) is 15.1 Å². The molecule has 0 aliphatic heterocycles. The Morgan fingerprint density at radius 3 is 2.52 bits per heavy atom. The number of hydrogen-bond donors (Lipinski definition) is 2. The molecule has 0 unspecified atom stereocenters. The van der Waals surface area contributed by atoms with E-state index in [-0.39, 0.29) is 10.1 Å². The maximum Gasteiger partial charge on any atom is 0.342 e. The normalized spacial score (nSPS) is 11.6. The molecule has 0 radical (unpaired) electrons. The van der Waals surface area contributed by atoms with Crippen LogP contribution in [-0.4, -0.2) is 26.3 Å². The Hall–Kier alpha value is -2.71. The van der Waals surface area contributed by atoms with E-state index in [0.29, 0.717) is 38.0 Å². The van der Waals surface area contributed by atoms with Crippen LogP contribution in [0, 0.1) is 0 Å². The van der Waals surface area contributed by atoms with Crippen molar-refractivity contribution in [3.05, 3.63) is 80.3 Å². The van der Waals surface area contributed by atoms with Gasteiger partial charge < -0.3 is 9.52 Å². The number of furan rings is 1. The summed E-state index contributed by atoms with van der Waals surface area (Å²) in [4.78, 5) is 16.1. The van der Waals surface area contributed by atoms with Gasteiger partial charge in [0.15, 0.2) is 5.82 Å². The molecule has 0 bridgehead atoms. The Morgan fingerprint density at radius 1 is 1.03 bits per heavy atom. The number of halogens is 3. The van der Waals surface area contributed by atoms with Crippen molar-refractivity contribution < 1.29 is 14.3 Å². The van der Waals surface area contributed by atoms with Gasteiger partial charge in [0.25, 0.3) is 0 Å². The number of thioether (sulfide) groups is 1. The Bertz CT molecular complexity index is 1280. The highest BCUT2D eigenvalue weighted by Crippen LogP contribution is 2.33. The van der Waals surface area contributed by atoms with E-state index >= 15 is 0 Å². The van der Waals surface area contributed by atoms with Gasteiger partial charge in [-0.1, -0.05) is 34.8 Å². The first-order valence-corrected chi connectivity index (χ1v) is 10.7. The van der Waals surface area contributed by atoms with Gasteiger partial charge in [0.2, 0.25) is 5.16 Å². The third-order valence-electron chi connectivity index (χ3n) is 4.09. The van der Waals surface area contributed by atoms with E-state index in [2.05, 4.69) is 15.2 Å². The standard InChI is InChI=1S/C21H12Cl3N3O3S/c22-12-3-1-11(2-4-12)19-25-21(27-26-19)31-18(20(28)29)10-14-6-8-17(30-14)15-9-13(23)5-7-16(15)24/h1-10H,(H,28,29)(H,25,26,27)/b18-10-. The molecule has 0 aliphatic carbocycles. The van der Waals surface area contributed by atoms with E-state index < -0.39 is 5.97 Å². The summed E-state index contributed by atoms with van der Waals surface area (Å²) in [5, 5.41) is 18.3. The minimum absolute atomic E-state index is 0.0141. The number of aromatic amines is 1. The van der Waals surface area contributed by atoms with Crippen molar-refractivity contribution in [2.24, 2.45) is 0 Å². The topological polar surface area (TPSA) is 92.0 Å². The molecule has 31 heavy (non-hydrogen) atoms. The van der Waals surface area contributed by atoms with E-state index in [0.717, 1.165) is 17.3 Å². The lowest BCUT2D eigenvalue weighted by Crippen LogP contribution is -1.97. The van der Waals surface area contributed by atoms with Crippen LogP contribution in [0.1, 0.15) is 5.76 Å². The van der Waals surface area contributed by atoms with Gasteiger partial charge in [-0.15, -0.1) is 5.10 Å². The summed E-state index contributed by atoms with van der Waals surface area (Å²) in [5.41, 5.74) is 1.39. The summed E-state index contributed by atoms with van der Waals surface area (Å²) in [7, 11) is 0. The predicted molar refractivity (Wildman–Crippen MR) is 122 cm³/mol. The molecule has 0 saturated heterocycles. The monoisotopic (exact) mass is 491 g/mol. The van der Waals surface area contributed by atoms with Crippen LogP contribution in [0.4, 0.5) is 0 Å². The van der Waals surface area contributed by atoms with Crippen LogP contribution in [0.15, 0.2) is 69.1 Å². The number of aliphatic carboxylic acids is 1. The number of H-pyrrole nitrogens is 1. The highest BCUT2D eigenvalue weighted by molar-refractivity contribution is 8.04. The van der Waals surface area contributed by atoms with Gasteiger partial charge in [-0.05, 0) is 66.4 Å². The summed E-state index contributed by atoms with van der Waals surface area (Å²) in [5.74, 6) is 0.169. The number of aromatic nitrogens is 3.